The Balaban J connectivity index is 1.91. The van der Waals surface area contributed by atoms with E-state index in [-0.39, 0.29) is 5.91 Å². The highest BCUT2D eigenvalue weighted by Crippen LogP contribution is 2.19. The molecule has 0 aliphatic heterocycles. The zero-order valence-corrected chi connectivity index (χ0v) is 10.8. The number of benzene rings is 1. The van der Waals surface area contributed by atoms with Crippen molar-refractivity contribution < 1.29 is 4.79 Å². The van der Waals surface area contributed by atoms with Gasteiger partial charge < -0.3 is 9.88 Å². The summed E-state index contributed by atoms with van der Waals surface area (Å²) in [6.07, 6.45) is 5.64. The van der Waals surface area contributed by atoms with Crippen molar-refractivity contribution in [3.63, 3.8) is 0 Å². The molecule has 1 N–H and O–H groups in total. The maximum absolute atomic E-state index is 11.8. The number of nitrogens with one attached hydrogen (secondary N) is 1. The number of rotatable bonds is 4. The van der Waals surface area contributed by atoms with E-state index in [0.717, 1.165) is 11.3 Å². The number of carbonyl (C=O) groups is 1. The van der Waals surface area contributed by atoms with Crippen LogP contribution in [0.25, 0.3) is 0 Å². The van der Waals surface area contributed by atoms with Gasteiger partial charge in [-0.15, -0.1) is 0 Å². The van der Waals surface area contributed by atoms with E-state index in [4.69, 9.17) is 11.6 Å². The van der Waals surface area contributed by atoms with Gasteiger partial charge in [-0.2, -0.15) is 0 Å². The van der Waals surface area contributed by atoms with Crippen molar-refractivity contribution in [2.75, 3.05) is 5.32 Å². The van der Waals surface area contributed by atoms with Crippen LogP contribution in [0, 0.1) is 6.92 Å². The van der Waals surface area contributed by atoms with Crippen LogP contribution in [0.4, 0.5) is 5.69 Å². The highest BCUT2D eigenvalue weighted by molar-refractivity contribution is 6.30. The number of aromatic nitrogens is 2. The van der Waals surface area contributed by atoms with E-state index in [1.54, 1.807) is 18.6 Å². The van der Waals surface area contributed by atoms with Crippen LogP contribution in [-0.2, 0) is 11.3 Å². The number of aryl methyl sites for hydroxylation is 2. The second kappa shape index (κ2) is 5.69. The van der Waals surface area contributed by atoms with Crippen LogP contribution in [0.2, 0.25) is 5.02 Å². The molecule has 5 heteroatoms. The fourth-order valence-electron chi connectivity index (χ4n) is 1.63. The van der Waals surface area contributed by atoms with Gasteiger partial charge in [0.05, 0.1) is 6.33 Å². The molecule has 0 aliphatic rings. The molecule has 0 spiro atoms. The van der Waals surface area contributed by atoms with Gasteiger partial charge in [0.1, 0.15) is 0 Å². The van der Waals surface area contributed by atoms with Gasteiger partial charge in [-0.1, -0.05) is 11.6 Å². The summed E-state index contributed by atoms with van der Waals surface area (Å²) in [6.45, 7) is 2.54. The summed E-state index contributed by atoms with van der Waals surface area (Å²) in [5.41, 5.74) is 1.76. The molecule has 1 heterocycles. The summed E-state index contributed by atoms with van der Waals surface area (Å²) in [4.78, 5) is 15.7. The zero-order chi connectivity index (χ0) is 13.0. The smallest absolute Gasteiger partial charge is 0.226 e. The van der Waals surface area contributed by atoms with Crippen molar-refractivity contribution in [1.29, 1.82) is 0 Å². The van der Waals surface area contributed by atoms with Gasteiger partial charge in [0.15, 0.2) is 0 Å². The van der Waals surface area contributed by atoms with E-state index in [0.29, 0.717) is 18.0 Å². The second-order valence-corrected chi connectivity index (χ2v) is 4.49. The fraction of sp³-hybridized carbons (Fsp3) is 0.231. The van der Waals surface area contributed by atoms with Crippen molar-refractivity contribution in [3.8, 4) is 0 Å². The summed E-state index contributed by atoms with van der Waals surface area (Å²) >= 11 is 5.86. The third-order valence-electron chi connectivity index (χ3n) is 2.62. The summed E-state index contributed by atoms with van der Waals surface area (Å²) in [5.74, 6) is -0.0193. The summed E-state index contributed by atoms with van der Waals surface area (Å²) in [7, 11) is 0. The third-order valence-corrected chi connectivity index (χ3v) is 2.85. The lowest BCUT2D eigenvalue weighted by atomic mass is 10.2. The molecular formula is C13H14ClN3O. The second-order valence-electron chi connectivity index (χ2n) is 4.06. The van der Waals surface area contributed by atoms with Crippen molar-refractivity contribution >= 4 is 23.2 Å². The van der Waals surface area contributed by atoms with E-state index < -0.39 is 0 Å². The molecule has 18 heavy (non-hydrogen) atoms. The maximum Gasteiger partial charge on any atom is 0.226 e. The van der Waals surface area contributed by atoms with Gasteiger partial charge in [-0.05, 0) is 30.7 Å². The molecule has 0 aliphatic carbocycles. The number of hydrogen-bond acceptors (Lipinski definition) is 2. The topological polar surface area (TPSA) is 46.9 Å². The molecule has 0 unspecified atom stereocenters. The van der Waals surface area contributed by atoms with Crippen molar-refractivity contribution in [2.45, 2.75) is 19.9 Å². The quantitative estimate of drug-likeness (QED) is 0.922. The first kappa shape index (κ1) is 12.6. The van der Waals surface area contributed by atoms with Gasteiger partial charge in [0.25, 0.3) is 0 Å². The van der Waals surface area contributed by atoms with E-state index in [1.165, 1.54) is 0 Å². The Kier molecular flexibility index (Phi) is 3.99. The number of amides is 1. The molecule has 0 saturated heterocycles. The third kappa shape index (κ3) is 3.34. The van der Waals surface area contributed by atoms with Crippen LogP contribution in [0.15, 0.2) is 36.9 Å². The van der Waals surface area contributed by atoms with Crippen LogP contribution in [-0.4, -0.2) is 15.5 Å². The molecule has 0 bridgehead atoms. The average Bonchev–Trinajstić information content (AvgIpc) is 2.83. The molecule has 1 amide bonds. The van der Waals surface area contributed by atoms with E-state index >= 15 is 0 Å². The molecule has 0 radical (unpaired) electrons. The lowest BCUT2D eigenvalue weighted by Gasteiger charge is -2.08. The Morgan fingerprint density at radius 2 is 2.33 bits per heavy atom. The number of nitrogens with zero attached hydrogens (tertiary/aromatic N) is 2. The first-order chi connectivity index (χ1) is 8.65. The van der Waals surface area contributed by atoms with Gasteiger partial charge >= 0.3 is 0 Å². The van der Waals surface area contributed by atoms with Crippen molar-refractivity contribution in [2.24, 2.45) is 0 Å². The standard InChI is InChI=1S/C13H14ClN3O/c1-10-8-11(14)2-3-12(10)16-13(18)4-6-17-7-5-15-9-17/h2-3,5,7-9H,4,6H2,1H3,(H,16,18). The summed E-state index contributed by atoms with van der Waals surface area (Å²) < 4.78 is 1.87. The van der Waals surface area contributed by atoms with E-state index in [2.05, 4.69) is 10.3 Å². The minimum atomic E-state index is -0.0193. The van der Waals surface area contributed by atoms with Crippen LogP contribution in [0.3, 0.4) is 0 Å². The largest absolute Gasteiger partial charge is 0.337 e. The van der Waals surface area contributed by atoms with Gasteiger partial charge in [0, 0.05) is 36.1 Å². The fourth-order valence-corrected chi connectivity index (χ4v) is 1.86. The average molecular weight is 264 g/mol. The minimum Gasteiger partial charge on any atom is -0.337 e. The number of anilines is 1. The van der Waals surface area contributed by atoms with E-state index in [9.17, 15) is 4.79 Å². The first-order valence-electron chi connectivity index (χ1n) is 5.67. The predicted octanol–water partition coefficient (Wildman–Crippen LogP) is 2.87. The number of imidazole rings is 1. The molecular weight excluding hydrogens is 250 g/mol. The monoisotopic (exact) mass is 263 g/mol. The summed E-state index contributed by atoms with van der Waals surface area (Å²) in [6, 6.07) is 5.40. The number of carbonyl (C=O) groups excluding carboxylic acids is 1. The maximum atomic E-state index is 11.8. The Bertz CT molecular complexity index is 537. The molecule has 2 rings (SSSR count). The van der Waals surface area contributed by atoms with Crippen molar-refractivity contribution in [1.82, 2.24) is 9.55 Å². The Morgan fingerprint density at radius 3 is 3.00 bits per heavy atom. The number of hydrogen-bond donors (Lipinski definition) is 1. The molecule has 0 fully saturated rings. The molecule has 2 aromatic rings. The highest BCUT2D eigenvalue weighted by atomic mass is 35.5. The minimum absolute atomic E-state index is 0.0193. The first-order valence-corrected chi connectivity index (χ1v) is 6.05. The summed E-state index contributed by atoms with van der Waals surface area (Å²) in [5, 5.41) is 3.54. The molecule has 0 atom stereocenters. The number of halogens is 1. The molecule has 0 saturated carbocycles. The highest BCUT2D eigenvalue weighted by Gasteiger charge is 2.05. The van der Waals surface area contributed by atoms with Crippen LogP contribution >= 0.6 is 11.6 Å². The van der Waals surface area contributed by atoms with Crippen LogP contribution < -0.4 is 5.32 Å². The molecule has 1 aromatic carbocycles. The SMILES string of the molecule is Cc1cc(Cl)ccc1NC(=O)CCn1ccnc1. The molecule has 94 valence electrons. The lowest BCUT2D eigenvalue weighted by Crippen LogP contribution is -2.14. The van der Waals surface area contributed by atoms with Gasteiger partial charge in [-0.25, -0.2) is 4.98 Å². The molecule has 1 aromatic heterocycles. The van der Waals surface area contributed by atoms with Crippen LogP contribution in [0.1, 0.15) is 12.0 Å². The Morgan fingerprint density at radius 1 is 1.50 bits per heavy atom. The Hall–Kier alpha value is -1.81. The predicted molar refractivity (Wildman–Crippen MR) is 71.7 cm³/mol. The van der Waals surface area contributed by atoms with Gasteiger partial charge in [-0.3, -0.25) is 4.79 Å². The van der Waals surface area contributed by atoms with Crippen LogP contribution in [0.5, 0.6) is 0 Å². The lowest BCUT2D eigenvalue weighted by molar-refractivity contribution is -0.116. The normalized spacial score (nSPS) is 10.3. The zero-order valence-electron chi connectivity index (χ0n) is 10.1. The Labute approximate surface area is 111 Å². The van der Waals surface area contributed by atoms with Crippen molar-refractivity contribution in [3.05, 3.63) is 47.5 Å². The van der Waals surface area contributed by atoms with Gasteiger partial charge in [0.2, 0.25) is 5.91 Å². The molecule has 4 nitrogen and oxygen atoms in total. The van der Waals surface area contributed by atoms with E-state index in [1.807, 2.05) is 29.8 Å².